The summed E-state index contributed by atoms with van der Waals surface area (Å²) in [5.41, 5.74) is 1.04. The van der Waals surface area contributed by atoms with E-state index in [0.29, 0.717) is 13.1 Å². The SMILES string of the molecule is CC(C)Oc1cccc(CNC(=O)CN2CCN(CCO)CC2)c1. The lowest BCUT2D eigenvalue weighted by Gasteiger charge is -2.33. The van der Waals surface area contributed by atoms with Crippen LogP contribution < -0.4 is 10.1 Å². The van der Waals surface area contributed by atoms with E-state index in [2.05, 4.69) is 15.1 Å². The molecule has 2 N–H and O–H groups in total. The maximum atomic E-state index is 12.1. The van der Waals surface area contributed by atoms with Gasteiger partial charge in [-0.1, -0.05) is 12.1 Å². The minimum absolute atomic E-state index is 0.0424. The van der Waals surface area contributed by atoms with Gasteiger partial charge in [0, 0.05) is 39.3 Å². The lowest BCUT2D eigenvalue weighted by molar-refractivity contribution is -0.122. The zero-order valence-electron chi connectivity index (χ0n) is 14.7. The van der Waals surface area contributed by atoms with Gasteiger partial charge in [-0.15, -0.1) is 0 Å². The van der Waals surface area contributed by atoms with Crippen LogP contribution in [0.15, 0.2) is 24.3 Å². The van der Waals surface area contributed by atoms with Crippen LogP contribution in [0.5, 0.6) is 5.75 Å². The number of carbonyl (C=O) groups excluding carboxylic acids is 1. The molecule has 0 unspecified atom stereocenters. The number of ether oxygens (including phenoxy) is 1. The first-order chi connectivity index (χ1) is 11.6. The van der Waals surface area contributed by atoms with E-state index in [4.69, 9.17) is 9.84 Å². The van der Waals surface area contributed by atoms with Crippen molar-refractivity contribution in [3.8, 4) is 5.75 Å². The highest BCUT2D eigenvalue weighted by atomic mass is 16.5. The lowest BCUT2D eigenvalue weighted by Crippen LogP contribution is -2.49. The maximum Gasteiger partial charge on any atom is 0.234 e. The first-order valence-corrected chi connectivity index (χ1v) is 8.64. The average molecular weight is 335 g/mol. The van der Waals surface area contributed by atoms with Crippen molar-refractivity contribution in [3.05, 3.63) is 29.8 Å². The number of carbonyl (C=O) groups is 1. The minimum Gasteiger partial charge on any atom is -0.491 e. The molecule has 1 aliphatic heterocycles. The van der Waals surface area contributed by atoms with Crippen molar-refractivity contribution in [2.24, 2.45) is 0 Å². The van der Waals surface area contributed by atoms with Crippen LogP contribution in [0.4, 0.5) is 0 Å². The maximum absolute atomic E-state index is 12.1. The summed E-state index contributed by atoms with van der Waals surface area (Å²) in [6.45, 7) is 9.38. The fourth-order valence-corrected chi connectivity index (χ4v) is 2.77. The molecule has 6 nitrogen and oxygen atoms in total. The number of hydrogen-bond acceptors (Lipinski definition) is 5. The summed E-state index contributed by atoms with van der Waals surface area (Å²) in [7, 11) is 0. The second-order valence-electron chi connectivity index (χ2n) is 6.43. The summed E-state index contributed by atoms with van der Waals surface area (Å²) >= 11 is 0. The van der Waals surface area contributed by atoms with Crippen molar-refractivity contribution in [3.63, 3.8) is 0 Å². The highest BCUT2D eigenvalue weighted by Gasteiger charge is 2.18. The Morgan fingerprint density at radius 3 is 2.62 bits per heavy atom. The van der Waals surface area contributed by atoms with Gasteiger partial charge in [0.1, 0.15) is 5.75 Å². The third kappa shape index (κ3) is 6.47. The van der Waals surface area contributed by atoms with Gasteiger partial charge in [-0.3, -0.25) is 14.6 Å². The summed E-state index contributed by atoms with van der Waals surface area (Å²) in [5.74, 6) is 0.873. The van der Waals surface area contributed by atoms with Crippen molar-refractivity contribution in [2.45, 2.75) is 26.5 Å². The number of hydrogen-bond donors (Lipinski definition) is 2. The Balaban J connectivity index is 1.72. The quantitative estimate of drug-likeness (QED) is 0.732. The summed E-state index contributed by atoms with van der Waals surface area (Å²) in [4.78, 5) is 16.5. The average Bonchev–Trinajstić information content (AvgIpc) is 2.55. The molecule has 1 aliphatic rings. The molecule has 1 heterocycles. The van der Waals surface area contributed by atoms with Crippen LogP contribution in [0.3, 0.4) is 0 Å². The standard InChI is InChI=1S/C18H29N3O3/c1-15(2)24-17-5-3-4-16(12-17)13-19-18(23)14-21-8-6-20(7-9-21)10-11-22/h3-5,12,15,22H,6-11,13-14H2,1-2H3,(H,19,23). The molecule has 0 atom stereocenters. The highest BCUT2D eigenvalue weighted by molar-refractivity contribution is 5.78. The first-order valence-electron chi connectivity index (χ1n) is 8.64. The molecule has 1 aromatic carbocycles. The predicted octanol–water partition coefficient (Wildman–Crippen LogP) is 0.700. The Morgan fingerprint density at radius 1 is 1.25 bits per heavy atom. The molecule has 1 fully saturated rings. The van der Waals surface area contributed by atoms with E-state index >= 15 is 0 Å². The van der Waals surface area contributed by atoms with Crippen LogP contribution in [0.25, 0.3) is 0 Å². The van der Waals surface area contributed by atoms with Crippen LogP contribution in [-0.4, -0.2) is 72.8 Å². The van der Waals surface area contributed by atoms with Gasteiger partial charge in [0.05, 0.1) is 19.3 Å². The predicted molar refractivity (Wildman–Crippen MR) is 94.0 cm³/mol. The molecule has 6 heteroatoms. The molecule has 0 bridgehead atoms. The lowest BCUT2D eigenvalue weighted by atomic mass is 10.2. The Labute approximate surface area is 144 Å². The normalized spacial score (nSPS) is 16.3. The molecule has 0 spiro atoms. The molecule has 24 heavy (non-hydrogen) atoms. The van der Waals surface area contributed by atoms with Gasteiger partial charge in [-0.05, 0) is 31.5 Å². The molecule has 0 radical (unpaired) electrons. The highest BCUT2D eigenvalue weighted by Crippen LogP contribution is 2.14. The number of nitrogens with zero attached hydrogens (tertiary/aromatic N) is 2. The van der Waals surface area contributed by atoms with Gasteiger partial charge >= 0.3 is 0 Å². The molecule has 1 aromatic rings. The number of nitrogens with one attached hydrogen (secondary N) is 1. The van der Waals surface area contributed by atoms with Crippen LogP contribution in [0, 0.1) is 0 Å². The number of benzene rings is 1. The topological polar surface area (TPSA) is 65.0 Å². The molecule has 0 aliphatic carbocycles. The van der Waals surface area contributed by atoms with E-state index in [1.807, 2.05) is 38.1 Å². The van der Waals surface area contributed by atoms with Crippen molar-refractivity contribution < 1.29 is 14.6 Å². The third-order valence-electron chi connectivity index (χ3n) is 4.01. The van der Waals surface area contributed by atoms with Gasteiger partial charge in [0.15, 0.2) is 0 Å². The van der Waals surface area contributed by atoms with E-state index in [1.165, 1.54) is 0 Å². The molecule has 1 saturated heterocycles. The Morgan fingerprint density at radius 2 is 1.96 bits per heavy atom. The number of aliphatic hydroxyl groups is 1. The van der Waals surface area contributed by atoms with Crippen molar-refractivity contribution >= 4 is 5.91 Å². The van der Waals surface area contributed by atoms with E-state index in [-0.39, 0.29) is 18.6 Å². The Kier molecular flexibility index (Phi) is 7.49. The zero-order chi connectivity index (χ0) is 17.4. The summed E-state index contributed by atoms with van der Waals surface area (Å²) in [6, 6.07) is 7.83. The van der Waals surface area contributed by atoms with E-state index in [1.54, 1.807) is 0 Å². The summed E-state index contributed by atoms with van der Waals surface area (Å²) in [5, 5.41) is 11.9. The number of piperazine rings is 1. The van der Waals surface area contributed by atoms with E-state index in [0.717, 1.165) is 44.0 Å². The van der Waals surface area contributed by atoms with Crippen molar-refractivity contribution in [1.82, 2.24) is 15.1 Å². The largest absolute Gasteiger partial charge is 0.491 e. The molecule has 0 aromatic heterocycles. The molecule has 1 amide bonds. The minimum atomic E-state index is 0.0424. The molecule has 134 valence electrons. The summed E-state index contributed by atoms with van der Waals surface area (Å²) in [6.07, 6.45) is 0.138. The Hall–Kier alpha value is -1.63. The fraction of sp³-hybridized carbons (Fsp3) is 0.611. The number of rotatable bonds is 8. The van der Waals surface area contributed by atoms with Crippen LogP contribution in [0.1, 0.15) is 19.4 Å². The van der Waals surface area contributed by atoms with Crippen LogP contribution in [0.2, 0.25) is 0 Å². The van der Waals surface area contributed by atoms with Gasteiger partial charge < -0.3 is 15.2 Å². The van der Waals surface area contributed by atoms with Crippen LogP contribution in [-0.2, 0) is 11.3 Å². The molecular weight excluding hydrogens is 306 g/mol. The first kappa shape index (κ1) is 18.7. The van der Waals surface area contributed by atoms with Gasteiger partial charge in [0.2, 0.25) is 5.91 Å². The molecule has 2 rings (SSSR count). The number of aliphatic hydroxyl groups excluding tert-OH is 1. The monoisotopic (exact) mass is 335 g/mol. The second-order valence-corrected chi connectivity index (χ2v) is 6.43. The van der Waals surface area contributed by atoms with E-state index < -0.39 is 0 Å². The van der Waals surface area contributed by atoms with E-state index in [9.17, 15) is 4.79 Å². The summed E-state index contributed by atoms with van der Waals surface area (Å²) < 4.78 is 5.67. The number of amides is 1. The number of β-amino-alcohol motifs (C(OH)–C–C–N with tert-alkyl or cyclic N) is 1. The second kappa shape index (κ2) is 9.61. The molecular formula is C18H29N3O3. The van der Waals surface area contributed by atoms with Crippen molar-refractivity contribution in [1.29, 1.82) is 0 Å². The third-order valence-corrected chi connectivity index (χ3v) is 4.01. The van der Waals surface area contributed by atoms with Crippen molar-refractivity contribution in [2.75, 3.05) is 45.9 Å². The zero-order valence-corrected chi connectivity index (χ0v) is 14.7. The fourth-order valence-electron chi connectivity index (χ4n) is 2.77. The van der Waals surface area contributed by atoms with Gasteiger partial charge in [-0.2, -0.15) is 0 Å². The van der Waals surface area contributed by atoms with Gasteiger partial charge in [0.25, 0.3) is 0 Å². The smallest absolute Gasteiger partial charge is 0.234 e. The van der Waals surface area contributed by atoms with Crippen LogP contribution >= 0.6 is 0 Å². The molecule has 0 saturated carbocycles. The Bertz CT molecular complexity index is 514. The van der Waals surface area contributed by atoms with Gasteiger partial charge in [-0.25, -0.2) is 0 Å².